The fourth-order valence-electron chi connectivity index (χ4n) is 1.95. The number of nitrogens with zero attached hydrogens (tertiary/aromatic N) is 1. The average Bonchev–Trinajstić information content (AvgIpc) is 2.46. The SMILES string of the molecule is CCc1cccc(NCc2cc([N+](=O)[O-])c(F)cc2F)c1. The minimum absolute atomic E-state index is 0.0418. The highest BCUT2D eigenvalue weighted by atomic mass is 19.1. The lowest BCUT2D eigenvalue weighted by molar-refractivity contribution is -0.387. The number of rotatable bonds is 5. The minimum Gasteiger partial charge on any atom is -0.381 e. The van der Waals surface area contributed by atoms with E-state index in [0.29, 0.717) is 6.07 Å². The van der Waals surface area contributed by atoms with Gasteiger partial charge in [-0.15, -0.1) is 0 Å². The lowest BCUT2D eigenvalue weighted by Gasteiger charge is -2.09. The van der Waals surface area contributed by atoms with Crippen LogP contribution in [0.2, 0.25) is 0 Å². The van der Waals surface area contributed by atoms with Crippen molar-refractivity contribution in [2.75, 3.05) is 5.32 Å². The molecule has 0 fully saturated rings. The highest BCUT2D eigenvalue weighted by Crippen LogP contribution is 2.22. The Bertz CT molecular complexity index is 675. The predicted octanol–water partition coefficient (Wildman–Crippen LogP) is 4.05. The first kappa shape index (κ1) is 14.9. The summed E-state index contributed by atoms with van der Waals surface area (Å²) in [6.45, 7) is 2.06. The number of hydrogen-bond acceptors (Lipinski definition) is 3. The zero-order valence-corrected chi connectivity index (χ0v) is 11.4. The summed E-state index contributed by atoms with van der Waals surface area (Å²) >= 11 is 0. The van der Waals surface area contributed by atoms with Gasteiger partial charge in [0.2, 0.25) is 5.82 Å². The lowest BCUT2D eigenvalue weighted by Crippen LogP contribution is -2.04. The zero-order valence-electron chi connectivity index (χ0n) is 11.4. The Balaban J connectivity index is 2.19. The van der Waals surface area contributed by atoms with Gasteiger partial charge in [-0.05, 0) is 24.1 Å². The van der Waals surface area contributed by atoms with Gasteiger partial charge < -0.3 is 5.32 Å². The second-order valence-corrected chi connectivity index (χ2v) is 4.56. The van der Waals surface area contributed by atoms with Crippen molar-refractivity contribution in [1.29, 1.82) is 0 Å². The number of hydrogen-bond donors (Lipinski definition) is 1. The molecule has 0 aromatic heterocycles. The first-order chi connectivity index (χ1) is 10.0. The second kappa shape index (κ2) is 6.30. The summed E-state index contributed by atoms with van der Waals surface area (Å²) in [7, 11) is 0. The number of aryl methyl sites for hydroxylation is 1. The first-order valence-corrected chi connectivity index (χ1v) is 6.46. The van der Waals surface area contributed by atoms with Gasteiger partial charge in [0.15, 0.2) is 0 Å². The van der Waals surface area contributed by atoms with Crippen molar-refractivity contribution < 1.29 is 13.7 Å². The van der Waals surface area contributed by atoms with E-state index >= 15 is 0 Å². The first-order valence-electron chi connectivity index (χ1n) is 6.46. The molecular weight excluding hydrogens is 278 g/mol. The van der Waals surface area contributed by atoms with E-state index in [1.807, 2.05) is 31.2 Å². The molecule has 0 heterocycles. The van der Waals surface area contributed by atoms with E-state index in [1.165, 1.54) is 0 Å². The molecule has 2 aromatic rings. The molecule has 0 amide bonds. The summed E-state index contributed by atoms with van der Waals surface area (Å²) in [5.41, 5.74) is 1.21. The molecule has 6 heteroatoms. The van der Waals surface area contributed by atoms with Crippen LogP contribution in [-0.2, 0) is 13.0 Å². The molecular formula is C15H14F2N2O2. The van der Waals surface area contributed by atoms with Crippen LogP contribution in [0.15, 0.2) is 36.4 Å². The van der Waals surface area contributed by atoms with Crippen molar-refractivity contribution in [3.63, 3.8) is 0 Å². The van der Waals surface area contributed by atoms with Crippen molar-refractivity contribution in [2.45, 2.75) is 19.9 Å². The molecule has 4 nitrogen and oxygen atoms in total. The maximum Gasteiger partial charge on any atom is 0.305 e. The fourth-order valence-corrected chi connectivity index (χ4v) is 1.95. The highest BCUT2D eigenvalue weighted by molar-refractivity contribution is 5.47. The van der Waals surface area contributed by atoms with Crippen molar-refractivity contribution in [3.8, 4) is 0 Å². The maximum absolute atomic E-state index is 13.6. The summed E-state index contributed by atoms with van der Waals surface area (Å²) in [5.74, 6) is -1.98. The van der Waals surface area contributed by atoms with Gasteiger partial charge in [-0.25, -0.2) is 4.39 Å². The Labute approximate surface area is 120 Å². The summed E-state index contributed by atoms with van der Waals surface area (Å²) in [6.07, 6.45) is 0.867. The van der Waals surface area contributed by atoms with Crippen molar-refractivity contribution >= 4 is 11.4 Å². The number of halogens is 2. The molecule has 0 unspecified atom stereocenters. The Morgan fingerprint density at radius 3 is 2.62 bits per heavy atom. The van der Waals surface area contributed by atoms with E-state index < -0.39 is 22.2 Å². The fraction of sp³-hybridized carbons (Fsp3) is 0.200. The van der Waals surface area contributed by atoms with Crippen molar-refractivity contribution in [2.24, 2.45) is 0 Å². The molecule has 0 aliphatic heterocycles. The van der Waals surface area contributed by atoms with Crippen LogP contribution < -0.4 is 5.32 Å². The van der Waals surface area contributed by atoms with Gasteiger partial charge in [0.1, 0.15) is 5.82 Å². The van der Waals surface area contributed by atoms with Gasteiger partial charge in [-0.1, -0.05) is 19.1 Å². The second-order valence-electron chi connectivity index (χ2n) is 4.56. The topological polar surface area (TPSA) is 55.2 Å². The quantitative estimate of drug-likeness (QED) is 0.668. The monoisotopic (exact) mass is 292 g/mol. The molecule has 2 aromatic carbocycles. The Morgan fingerprint density at radius 1 is 1.19 bits per heavy atom. The lowest BCUT2D eigenvalue weighted by atomic mass is 10.1. The molecule has 2 rings (SSSR count). The van der Waals surface area contributed by atoms with Gasteiger partial charge in [0.05, 0.1) is 4.92 Å². The van der Waals surface area contributed by atoms with Crippen LogP contribution in [-0.4, -0.2) is 4.92 Å². The number of nitro groups is 1. The van der Waals surface area contributed by atoms with Crippen LogP contribution in [0.1, 0.15) is 18.1 Å². The summed E-state index contributed by atoms with van der Waals surface area (Å²) in [4.78, 5) is 9.80. The highest BCUT2D eigenvalue weighted by Gasteiger charge is 2.18. The van der Waals surface area contributed by atoms with Gasteiger partial charge in [0.25, 0.3) is 0 Å². The van der Waals surface area contributed by atoms with Crippen LogP contribution >= 0.6 is 0 Å². The smallest absolute Gasteiger partial charge is 0.305 e. The molecule has 0 atom stereocenters. The van der Waals surface area contributed by atoms with E-state index in [0.717, 1.165) is 23.7 Å². The number of anilines is 1. The maximum atomic E-state index is 13.6. The van der Waals surface area contributed by atoms with Gasteiger partial charge in [-0.2, -0.15) is 4.39 Å². The summed E-state index contributed by atoms with van der Waals surface area (Å²) < 4.78 is 26.9. The van der Waals surface area contributed by atoms with E-state index in [4.69, 9.17) is 0 Å². The third kappa shape index (κ3) is 3.53. The molecule has 1 N–H and O–H groups in total. The van der Waals surface area contributed by atoms with Crippen LogP contribution in [0.5, 0.6) is 0 Å². The number of nitrogens with one attached hydrogen (secondary N) is 1. The molecule has 0 saturated carbocycles. The van der Waals surface area contributed by atoms with Crippen LogP contribution in [0.3, 0.4) is 0 Å². The molecule has 0 aliphatic carbocycles. The van der Waals surface area contributed by atoms with E-state index in [9.17, 15) is 18.9 Å². The predicted molar refractivity (Wildman–Crippen MR) is 76.2 cm³/mol. The molecule has 0 spiro atoms. The van der Waals surface area contributed by atoms with Gasteiger partial charge >= 0.3 is 5.69 Å². The Kier molecular flexibility index (Phi) is 4.47. The summed E-state index contributed by atoms with van der Waals surface area (Å²) in [5, 5.41) is 13.6. The van der Waals surface area contributed by atoms with Crippen LogP contribution in [0.4, 0.5) is 20.2 Å². The van der Waals surface area contributed by atoms with Crippen LogP contribution in [0, 0.1) is 21.7 Å². The molecule has 21 heavy (non-hydrogen) atoms. The molecule has 0 radical (unpaired) electrons. The Morgan fingerprint density at radius 2 is 1.95 bits per heavy atom. The molecule has 110 valence electrons. The minimum atomic E-state index is -1.17. The van der Waals surface area contributed by atoms with E-state index in [2.05, 4.69) is 5.32 Å². The third-order valence-electron chi connectivity index (χ3n) is 3.13. The van der Waals surface area contributed by atoms with Crippen molar-refractivity contribution in [3.05, 3.63) is 69.3 Å². The van der Waals surface area contributed by atoms with E-state index in [1.54, 1.807) is 0 Å². The zero-order chi connectivity index (χ0) is 15.4. The van der Waals surface area contributed by atoms with Crippen molar-refractivity contribution in [1.82, 2.24) is 0 Å². The van der Waals surface area contributed by atoms with E-state index in [-0.39, 0.29) is 12.1 Å². The number of nitro benzene ring substituents is 1. The third-order valence-corrected chi connectivity index (χ3v) is 3.13. The van der Waals surface area contributed by atoms with Crippen LogP contribution in [0.25, 0.3) is 0 Å². The molecule has 0 aliphatic rings. The standard InChI is InChI=1S/C15H14F2N2O2/c1-2-10-4-3-5-12(6-10)18-9-11-7-15(19(20)21)14(17)8-13(11)16/h3-8,18H,2,9H2,1H3. The summed E-state index contributed by atoms with van der Waals surface area (Å²) in [6, 6.07) is 9.02. The number of benzene rings is 2. The normalized spacial score (nSPS) is 10.4. The van der Waals surface area contributed by atoms with Gasteiger partial charge in [-0.3, -0.25) is 10.1 Å². The molecule has 0 saturated heterocycles. The average molecular weight is 292 g/mol. The molecule has 0 bridgehead atoms. The van der Waals surface area contributed by atoms with Gasteiger partial charge in [0, 0.05) is 29.9 Å². The largest absolute Gasteiger partial charge is 0.381 e. The Hall–Kier alpha value is -2.50.